The molecule has 0 bridgehead atoms. The lowest BCUT2D eigenvalue weighted by Crippen LogP contribution is -2.32. The molecule has 0 saturated carbocycles. The van der Waals surface area contributed by atoms with Crippen molar-refractivity contribution in [3.63, 3.8) is 0 Å². The van der Waals surface area contributed by atoms with Crippen LogP contribution in [0.3, 0.4) is 0 Å². The highest BCUT2D eigenvalue weighted by molar-refractivity contribution is 6.10. The van der Waals surface area contributed by atoms with Crippen molar-refractivity contribution in [2.24, 2.45) is 0 Å². The van der Waals surface area contributed by atoms with Gasteiger partial charge < -0.3 is 24.6 Å². The lowest BCUT2D eigenvalue weighted by atomic mass is 9.96. The van der Waals surface area contributed by atoms with Gasteiger partial charge in [0.2, 0.25) is 0 Å². The second-order valence-corrected chi connectivity index (χ2v) is 8.75. The number of carboxylic acid groups (broad SMARTS) is 2. The maximum atomic E-state index is 13.8. The van der Waals surface area contributed by atoms with Crippen molar-refractivity contribution in [1.82, 2.24) is 4.90 Å². The topological polar surface area (TPSA) is 130 Å². The molecule has 202 valence electrons. The van der Waals surface area contributed by atoms with E-state index in [0.29, 0.717) is 11.5 Å². The molecule has 4 aromatic rings. The van der Waals surface area contributed by atoms with Crippen LogP contribution in [-0.4, -0.2) is 46.0 Å². The van der Waals surface area contributed by atoms with Crippen LogP contribution < -0.4 is 4.74 Å². The number of hydrogen-bond acceptors (Lipinski definition) is 6. The second kappa shape index (κ2) is 12.4. The van der Waals surface area contributed by atoms with E-state index in [1.165, 1.54) is 4.90 Å². The van der Waals surface area contributed by atoms with Gasteiger partial charge in [-0.1, -0.05) is 60.7 Å². The van der Waals surface area contributed by atoms with Gasteiger partial charge >= 0.3 is 17.9 Å². The Bertz CT molecular complexity index is 1530. The van der Waals surface area contributed by atoms with Gasteiger partial charge in [0.25, 0.3) is 5.91 Å². The number of carboxylic acids is 2. The summed E-state index contributed by atoms with van der Waals surface area (Å²) < 4.78 is 10.4. The molecule has 9 nitrogen and oxygen atoms in total. The number of methoxy groups -OCH3 is 1. The number of ether oxygens (including phenoxy) is 2. The van der Waals surface area contributed by atoms with E-state index in [2.05, 4.69) is 4.74 Å². The van der Waals surface area contributed by atoms with E-state index in [0.717, 1.165) is 30.4 Å². The van der Waals surface area contributed by atoms with Crippen molar-refractivity contribution in [3.05, 3.63) is 130 Å². The lowest BCUT2D eigenvalue weighted by Gasteiger charge is -2.24. The molecule has 4 aromatic carbocycles. The largest absolute Gasteiger partial charge is 0.478 e. The van der Waals surface area contributed by atoms with Crippen LogP contribution in [0.2, 0.25) is 0 Å². The molecule has 0 aliphatic heterocycles. The monoisotopic (exact) mass is 539 g/mol. The number of amides is 1. The van der Waals surface area contributed by atoms with Gasteiger partial charge in [-0.15, -0.1) is 0 Å². The minimum absolute atomic E-state index is 0.0829. The summed E-state index contributed by atoms with van der Waals surface area (Å²) in [6.45, 7) is 0.196. The van der Waals surface area contributed by atoms with Gasteiger partial charge in [0.15, 0.2) is 0 Å². The Hall–Kier alpha value is -5.44. The summed E-state index contributed by atoms with van der Waals surface area (Å²) in [5.74, 6) is -3.49. The molecule has 4 rings (SSSR count). The summed E-state index contributed by atoms with van der Waals surface area (Å²) in [6.07, 6.45) is 0. The smallest absolute Gasteiger partial charge is 0.338 e. The summed E-state index contributed by atoms with van der Waals surface area (Å²) >= 11 is 0. The normalized spacial score (nSPS) is 10.4. The highest BCUT2D eigenvalue weighted by atomic mass is 16.5. The van der Waals surface area contributed by atoms with Crippen LogP contribution in [0.1, 0.15) is 52.6 Å². The average molecular weight is 540 g/mol. The molecule has 0 heterocycles. The summed E-state index contributed by atoms with van der Waals surface area (Å²) in [5, 5.41) is 19.5. The zero-order chi connectivity index (χ0) is 28.6. The van der Waals surface area contributed by atoms with Crippen molar-refractivity contribution >= 4 is 23.8 Å². The van der Waals surface area contributed by atoms with Crippen LogP contribution in [-0.2, 0) is 17.8 Å². The fourth-order valence-corrected chi connectivity index (χ4v) is 4.09. The number of para-hydroxylation sites is 1. The van der Waals surface area contributed by atoms with Gasteiger partial charge in [0.05, 0.1) is 29.4 Å². The number of carbonyl (C=O) groups is 4. The minimum Gasteiger partial charge on any atom is -0.478 e. The molecule has 0 fully saturated rings. The van der Waals surface area contributed by atoms with E-state index in [4.69, 9.17) is 4.74 Å². The molecule has 40 heavy (non-hydrogen) atoms. The van der Waals surface area contributed by atoms with E-state index in [-0.39, 0.29) is 18.7 Å². The first-order valence-corrected chi connectivity index (χ1v) is 12.1. The number of aromatic carboxylic acids is 2. The second-order valence-electron chi connectivity index (χ2n) is 8.75. The first-order valence-electron chi connectivity index (χ1n) is 12.1. The average Bonchev–Trinajstić information content (AvgIpc) is 2.97. The summed E-state index contributed by atoms with van der Waals surface area (Å²) in [6, 6.07) is 27.2. The summed E-state index contributed by atoms with van der Waals surface area (Å²) in [4.78, 5) is 51.5. The number of esters is 1. The third-order valence-electron chi connectivity index (χ3n) is 6.03. The number of rotatable bonds is 10. The SMILES string of the molecule is COC(=O)c1cc(C(=O)O)c(C(=O)N(Cc2ccccc2)Cc2ccc(Oc3ccccc3)cc2)cc1C(=O)O. The number of nitrogens with zero attached hydrogens (tertiary/aromatic N) is 1. The Kier molecular flexibility index (Phi) is 8.55. The fraction of sp³-hybridized carbons (Fsp3) is 0.0968. The zero-order valence-electron chi connectivity index (χ0n) is 21.4. The Morgan fingerprint density at radius 3 is 1.65 bits per heavy atom. The van der Waals surface area contributed by atoms with Crippen LogP contribution in [0.25, 0.3) is 0 Å². The molecule has 1 amide bonds. The van der Waals surface area contributed by atoms with E-state index in [1.54, 1.807) is 24.3 Å². The number of benzene rings is 4. The molecular weight excluding hydrogens is 514 g/mol. The molecule has 0 spiro atoms. The van der Waals surface area contributed by atoms with Crippen LogP contribution in [0.5, 0.6) is 11.5 Å². The lowest BCUT2D eigenvalue weighted by molar-refractivity contribution is 0.0581. The Balaban J connectivity index is 1.70. The molecule has 0 radical (unpaired) electrons. The van der Waals surface area contributed by atoms with Crippen molar-refractivity contribution in [1.29, 1.82) is 0 Å². The van der Waals surface area contributed by atoms with E-state index in [9.17, 15) is 29.4 Å². The standard InChI is InChI=1S/C31H25NO8/c1-39-31(38)27-17-25(29(34)35)24(16-26(27)30(36)37)28(33)32(18-20-8-4-2-5-9-20)19-21-12-14-23(15-13-21)40-22-10-6-3-7-11-22/h2-17H,18-19H2,1H3,(H,34,35)(H,36,37). The Morgan fingerprint density at radius 1 is 0.625 bits per heavy atom. The van der Waals surface area contributed by atoms with Gasteiger partial charge in [0.1, 0.15) is 11.5 Å². The first-order chi connectivity index (χ1) is 19.3. The van der Waals surface area contributed by atoms with Crippen molar-refractivity contribution < 1.29 is 38.9 Å². The van der Waals surface area contributed by atoms with Crippen LogP contribution >= 0.6 is 0 Å². The zero-order valence-corrected chi connectivity index (χ0v) is 21.4. The highest BCUT2D eigenvalue weighted by Gasteiger charge is 2.28. The molecular formula is C31H25NO8. The maximum Gasteiger partial charge on any atom is 0.338 e. The Labute approximate surface area is 229 Å². The van der Waals surface area contributed by atoms with Gasteiger partial charge in [-0.05, 0) is 47.5 Å². The molecule has 0 atom stereocenters. The van der Waals surface area contributed by atoms with Crippen molar-refractivity contribution in [2.45, 2.75) is 13.1 Å². The molecule has 2 N–H and O–H groups in total. The molecule has 9 heteroatoms. The van der Waals surface area contributed by atoms with E-state index in [1.807, 2.05) is 60.7 Å². The summed E-state index contributed by atoms with van der Waals surface area (Å²) in [7, 11) is 1.05. The molecule has 0 aliphatic rings. The third-order valence-corrected chi connectivity index (χ3v) is 6.03. The summed E-state index contributed by atoms with van der Waals surface area (Å²) in [5.41, 5.74) is -0.375. The molecule has 0 aromatic heterocycles. The van der Waals surface area contributed by atoms with Crippen molar-refractivity contribution in [2.75, 3.05) is 7.11 Å². The first kappa shape index (κ1) is 27.6. The van der Waals surface area contributed by atoms with Gasteiger partial charge in [0, 0.05) is 13.1 Å². The number of hydrogen-bond donors (Lipinski definition) is 2. The minimum atomic E-state index is -1.50. The van der Waals surface area contributed by atoms with Crippen LogP contribution in [0.4, 0.5) is 0 Å². The predicted octanol–water partition coefficient (Wildman–Crippen LogP) is 5.50. The maximum absolute atomic E-state index is 13.8. The van der Waals surface area contributed by atoms with E-state index < -0.39 is 40.5 Å². The van der Waals surface area contributed by atoms with Crippen molar-refractivity contribution in [3.8, 4) is 11.5 Å². The van der Waals surface area contributed by atoms with E-state index >= 15 is 0 Å². The van der Waals surface area contributed by atoms with Gasteiger partial charge in [-0.3, -0.25) is 4.79 Å². The number of carbonyl (C=O) groups excluding carboxylic acids is 2. The quantitative estimate of drug-likeness (QED) is 0.253. The fourth-order valence-electron chi connectivity index (χ4n) is 4.09. The predicted molar refractivity (Wildman–Crippen MR) is 145 cm³/mol. The van der Waals surface area contributed by atoms with Gasteiger partial charge in [-0.2, -0.15) is 0 Å². The van der Waals surface area contributed by atoms with Gasteiger partial charge in [-0.25, -0.2) is 14.4 Å². The molecule has 0 unspecified atom stereocenters. The Morgan fingerprint density at radius 2 is 1.10 bits per heavy atom. The van der Waals surface area contributed by atoms with Crippen LogP contribution in [0.15, 0.2) is 97.1 Å². The third kappa shape index (κ3) is 6.51. The molecule has 0 saturated heterocycles. The molecule has 0 aliphatic carbocycles. The van der Waals surface area contributed by atoms with Crippen LogP contribution in [0, 0.1) is 0 Å². The highest BCUT2D eigenvalue weighted by Crippen LogP contribution is 2.25.